The fourth-order valence-electron chi connectivity index (χ4n) is 2.03. The average Bonchev–Trinajstić information content (AvgIpc) is 2.55. The van der Waals surface area contributed by atoms with Gasteiger partial charge in [-0.2, -0.15) is 0 Å². The molecule has 0 bridgehead atoms. The molecule has 0 saturated carbocycles. The molecule has 1 amide bonds. The number of thioether (sulfide) groups is 1. The van der Waals surface area contributed by atoms with E-state index in [1.54, 1.807) is 11.8 Å². The van der Waals surface area contributed by atoms with Gasteiger partial charge in [0.1, 0.15) is 5.75 Å². The van der Waals surface area contributed by atoms with Crippen LogP contribution in [-0.4, -0.2) is 17.8 Å². The van der Waals surface area contributed by atoms with Crippen molar-refractivity contribution in [2.24, 2.45) is 0 Å². The van der Waals surface area contributed by atoms with Crippen LogP contribution in [-0.2, 0) is 11.3 Å². The van der Waals surface area contributed by atoms with Crippen LogP contribution in [0.5, 0.6) is 5.75 Å². The number of para-hydroxylation sites is 1. The second-order valence-electron chi connectivity index (χ2n) is 4.83. The Morgan fingerprint density at radius 2 is 1.82 bits per heavy atom. The lowest BCUT2D eigenvalue weighted by atomic mass is 10.2. The van der Waals surface area contributed by atoms with E-state index >= 15 is 0 Å². The summed E-state index contributed by atoms with van der Waals surface area (Å²) in [5, 5.41) is 2.84. The van der Waals surface area contributed by atoms with Gasteiger partial charge in [-0.3, -0.25) is 4.79 Å². The van der Waals surface area contributed by atoms with Crippen molar-refractivity contribution < 1.29 is 9.53 Å². The molecule has 0 saturated heterocycles. The number of rotatable bonds is 7. The molecule has 0 spiro atoms. The highest BCUT2D eigenvalue weighted by Gasteiger charge is 2.14. The topological polar surface area (TPSA) is 38.3 Å². The summed E-state index contributed by atoms with van der Waals surface area (Å²) in [5.41, 5.74) is 0.995. The van der Waals surface area contributed by atoms with Gasteiger partial charge in [-0.05, 0) is 32.0 Å². The third kappa shape index (κ3) is 4.81. The minimum atomic E-state index is -0.137. The minimum absolute atomic E-state index is 0.0279. The summed E-state index contributed by atoms with van der Waals surface area (Å²) in [6, 6.07) is 17.7. The number of hydrogen-bond donors (Lipinski definition) is 1. The first kappa shape index (κ1) is 16.4. The first-order valence-corrected chi connectivity index (χ1v) is 8.28. The standard InChI is InChI=1S/C18H21NO2S/c1-3-21-17-12-8-7-9-15(17)13-19-18(20)14(2)22-16-10-5-4-6-11-16/h4-12,14H,3,13H2,1-2H3,(H,19,20)/t14-/m1/s1. The third-order valence-electron chi connectivity index (χ3n) is 3.15. The fourth-order valence-corrected chi connectivity index (χ4v) is 2.94. The van der Waals surface area contributed by atoms with Gasteiger partial charge in [-0.25, -0.2) is 0 Å². The summed E-state index contributed by atoms with van der Waals surface area (Å²) < 4.78 is 5.57. The van der Waals surface area contributed by atoms with Crippen LogP contribution < -0.4 is 10.1 Å². The maximum absolute atomic E-state index is 12.2. The molecule has 1 atom stereocenters. The molecule has 22 heavy (non-hydrogen) atoms. The molecule has 0 aliphatic carbocycles. The van der Waals surface area contributed by atoms with Crippen molar-refractivity contribution in [1.29, 1.82) is 0 Å². The smallest absolute Gasteiger partial charge is 0.233 e. The highest BCUT2D eigenvalue weighted by Crippen LogP contribution is 2.23. The van der Waals surface area contributed by atoms with Crippen molar-refractivity contribution in [3.05, 3.63) is 60.2 Å². The van der Waals surface area contributed by atoms with E-state index in [9.17, 15) is 4.79 Å². The lowest BCUT2D eigenvalue weighted by Gasteiger charge is -2.14. The van der Waals surface area contributed by atoms with Crippen LogP contribution in [0.4, 0.5) is 0 Å². The zero-order valence-electron chi connectivity index (χ0n) is 12.9. The van der Waals surface area contributed by atoms with Gasteiger partial charge in [0.25, 0.3) is 0 Å². The fraction of sp³-hybridized carbons (Fsp3) is 0.278. The molecule has 0 aliphatic rings. The Kier molecular flexibility index (Phi) is 6.34. The number of nitrogens with one attached hydrogen (secondary N) is 1. The molecule has 0 unspecified atom stereocenters. The predicted molar refractivity (Wildman–Crippen MR) is 91.2 cm³/mol. The summed E-state index contributed by atoms with van der Waals surface area (Å²) in [6.45, 7) is 4.97. The predicted octanol–water partition coefficient (Wildman–Crippen LogP) is 3.88. The number of ether oxygens (including phenoxy) is 1. The van der Waals surface area contributed by atoms with Crippen molar-refractivity contribution in [3.8, 4) is 5.75 Å². The highest BCUT2D eigenvalue weighted by atomic mass is 32.2. The van der Waals surface area contributed by atoms with Crippen molar-refractivity contribution in [2.45, 2.75) is 30.5 Å². The largest absolute Gasteiger partial charge is 0.494 e. The summed E-state index contributed by atoms with van der Waals surface area (Å²) >= 11 is 1.56. The lowest BCUT2D eigenvalue weighted by Crippen LogP contribution is -2.30. The van der Waals surface area contributed by atoms with Crippen LogP contribution in [0.25, 0.3) is 0 Å². The number of hydrogen-bond acceptors (Lipinski definition) is 3. The Hall–Kier alpha value is -1.94. The summed E-state index contributed by atoms with van der Waals surface area (Å²) in [6.07, 6.45) is 0. The van der Waals surface area contributed by atoms with E-state index in [4.69, 9.17) is 4.74 Å². The van der Waals surface area contributed by atoms with Crippen molar-refractivity contribution in [2.75, 3.05) is 6.61 Å². The van der Waals surface area contributed by atoms with Gasteiger partial charge in [0.2, 0.25) is 5.91 Å². The Labute approximate surface area is 136 Å². The minimum Gasteiger partial charge on any atom is -0.494 e. The number of carbonyl (C=O) groups excluding carboxylic acids is 1. The van der Waals surface area contributed by atoms with E-state index in [-0.39, 0.29) is 11.2 Å². The molecule has 0 aliphatic heterocycles. The molecule has 1 N–H and O–H groups in total. The van der Waals surface area contributed by atoms with Crippen LogP contribution in [0, 0.1) is 0 Å². The van der Waals surface area contributed by atoms with Crippen molar-refractivity contribution in [1.82, 2.24) is 5.32 Å². The SMILES string of the molecule is CCOc1ccccc1CNC(=O)[C@@H](C)Sc1ccccc1. The van der Waals surface area contributed by atoms with Crippen molar-refractivity contribution >= 4 is 17.7 Å². The van der Waals surface area contributed by atoms with E-state index in [1.165, 1.54) is 0 Å². The van der Waals surface area contributed by atoms with Crippen LogP contribution in [0.3, 0.4) is 0 Å². The molecular formula is C18H21NO2S. The molecule has 2 aromatic rings. The summed E-state index contributed by atoms with van der Waals surface area (Å²) in [5.74, 6) is 0.855. The molecule has 3 nitrogen and oxygen atoms in total. The zero-order chi connectivity index (χ0) is 15.8. The van der Waals surface area contributed by atoms with E-state index in [2.05, 4.69) is 5.32 Å². The zero-order valence-corrected chi connectivity index (χ0v) is 13.7. The van der Waals surface area contributed by atoms with E-state index in [1.807, 2.05) is 68.4 Å². The van der Waals surface area contributed by atoms with Gasteiger partial charge >= 0.3 is 0 Å². The molecule has 0 heterocycles. The van der Waals surface area contributed by atoms with E-state index < -0.39 is 0 Å². The molecule has 2 aromatic carbocycles. The Bertz CT molecular complexity index is 601. The van der Waals surface area contributed by atoms with Crippen molar-refractivity contribution in [3.63, 3.8) is 0 Å². The molecule has 116 valence electrons. The molecule has 2 rings (SSSR count). The highest BCUT2D eigenvalue weighted by molar-refractivity contribution is 8.00. The Balaban J connectivity index is 1.89. The Morgan fingerprint density at radius 1 is 1.14 bits per heavy atom. The quantitative estimate of drug-likeness (QED) is 0.788. The Morgan fingerprint density at radius 3 is 2.55 bits per heavy atom. The number of benzene rings is 2. The average molecular weight is 315 g/mol. The summed E-state index contributed by atoms with van der Waals surface area (Å²) in [4.78, 5) is 13.3. The molecule has 0 radical (unpaired) electrons. The van der Waals surface area contributed by atoms with Crippen LogP contribution in [0.1, 0.15) is 19.4 Å². The van der Waals surface area contributed by atoms with Gasteiger partial charge in [-0.1, -0.05) is 36.4 Å². The normalized spacial score (nSPS) is 11.7. The van der Waals surface area contributed by atoms with Crippen LogP contribution in [0.15, 0.2) is 59.5 Å². The maximum atomic E-state index is 12.2. The van der Waals surface area contributed by atoms with Crippen LogP contribution in [0.2, 0.25) is 0 Å². The van der Waals surface area contributed by atoms with Crippen LogP contribution >= 0.6 is 11.8 Å². The molecular weight excluding hydrogens is 294 g/mol. The van der Waals surface area contributed by atoms with Gasteiger partial charge in [0.05, 0.1) is 11.9 Å². The van der Waals surface area contributed by atoms with Gasteiger partial charge in [0.15, 0.2) is 0 Å². The maximum Gasteiger partial charge on any atom is 0.233 e. The number of carbonyl (C=O) groups is 1. The summed E-state index contributed by atoms with van der Waals surface area (Å²) in [7, 11) is 0. The lowest BCUT2D eigenvalue weighted by molar-refractivity contribution is -0.120. The van der Waals surface area contributed by atoms with Gasteiger partial charge in [-0.15, -0.1) is 11.8 Å². The molecule has 0 aromatic heterocycles. The van der Waals surface area contributed by atoms with E-state index in [0.29, 0.717) is 13.2 Å². The van der Waals surface area contributed by atoms with E-state index in [0.717, 1.165) is 16.2 Å². The number of amides is 1. The molecule has 0 fully saturated rings. The van der Waals surface area contributed by atoms with Gasteiger partial charge in [0, 0.05) is 17.0 Å². The first-order valence-electron chi connectivity index (χ1n) is 7.41. The second-order valence-corrected chi connectivity index (χ2v) is 6.25. The second kappa shape index (κ2) is 8.49. The first-order chi connectivity index (χ1) is 10.7. The monoisotopic (exact) mass is 315 g/mol. The van der Waals surface area contributed by atoms with Gasteiger partial charge < -0.3 is 10.1 Å². The molecule has 4 heteroatoms. The third-order valence-corrected chi connectivity index (χ3v) is 4.26.